The molecule has 1 saturated carbocycles. The number of anilines is 2. The highest BCUT2D eigenvalue weighted by Gasteiger charge is 2.35. The maximum Gasteiger partial charge on any atom is 0.236 e. The molecule has 0 radical (unpaired) electrons. The van der Waals surface area contributed by atoms with Crippen LogP contribution in [0.25, 0.3) is 5.65 Å². The number of imide groups is 1. The maximum atomic E-state index is 13.2. The van der Waals surface area contributed by atoms with E-state index in [-0.39, 0.29) is 29.7 Å². The Labute approximate surface area is 283 Å². The second-order valence-corrected chi connectivity index (χ2v) is 13.5. The van der Waals surface area contributed by atoms with Crippen LogP contribution in [0.5, 0.6) is 0 Å². The zero-order valence-corrected chi connectivity index (χ0v) is 28.6. The van der Waals surface area contributed by atoms with Crippen molar-refractivity contribution >= 4 is 34.9 Å². The molecule has 7 rings (SSSR count). The van der Waals surface area contributed by atoms with Gasteiger partial charge in [0.2, 0.25) is 17.7 Å². The molecule has 1 atom stereocenters. The van der Waals surface area contributed by atoms with E-state index in [2.05, 4.69) is 35.5 Å². The Morgan fingerprint density at radius 3 is 2.29 bits per heavy atom. The molecule has 3 aromatic heterocycles. The topological polar surface area (TPSA) is 133 Å². The van der Waals surface area contributed by atoms with Crippen LogP contribution in [0.1, 0.15) is 84.1 Å². The molecule has 13 nitrogen and oxygen atoms in total. The molecule has 6 heterocycles. The number of piperidine rings is 2. The van der Waals surface area contributed by atoms with Crippen LogP contribution in [-0.4, -0.2) is 108 Å². The predicted molar refractivity (Wildman–Crippen MR) is 184 cm³/mol. The smallest absolute Gasteiger partial charge is 0.236 e. The van der Waals surface area contributed by atoms with Crippen LogP contribution >= 0.6 is 0 Å². The van der Waals surface area contributed by atoms with Gasteiger partial charge in [-0.3, -0.25) is 34.2 Å². The molecule has 0 aromatic carbocycles. The van der Waals surface area contributed by atoms with Crippen molar-refractivity contribution in [3.8, 4) is 0 Å². The van der Waals surface area contributed by atoms with Crippen LogP contribution in [0.15, 0.2) is 37.2 Å². The number of nitrogens with one attached hydrogen (secondary N) is 2. The number of likely N-dealkylation sites (tertiary alicyclic amines) is 1. The first-order chi connectivity index (χ1) is 23.5. The normalized spacial score (nSPS) is 25.1. The van der Waals surface area contributed by atoms with Crippen molar-refractivity contribution in [2.75, 3.05) is 51.1 Å². The van der Waals surface area contributed by atoms with Crippen LogP contribution in [0.3, 0.4) is 0 Å². The van der Waals surface area contributed by atoms with Gasteiger partial charge in [-0.25, -0.2) is 9.97 Å². The number of imidazole rings is 1. The van der Waals surface area contributed by atoms with Gasteiger partial charge in [0.15, 0.2) is 11.5 Å². The molecular weight excluding hydrogens is 608 g/mol. The number of carbonyl (C=O) groups excluding carboxylic acids is 3. The van der Waals surface area contributed by atoms with E-state index in [1.165, 1.54) is 12.8 Å². The first kappa shape index (κ1) is 34.0. The summed E-state index contributed by atoms with van der Waals surface area (Å²) in [4.78, 5) is 53.0. The summed E-state index contributed by atoms with van der Waals surface area (Å²) in [6, 6.07) is 0.856. The molecule has 3 saturated heterocycles. The lowest BCUT2D eigenvalue weighted by Gasteiger charge is -2.41. The minimum atomic E-state index is -0.120. The molecule has 13 heteroatoms. The monoisotopic (exact) mass is 660 g/mol. The van der Waals surface area contributed by atoms with E-state index in [4.69, 9.17) is 0 Å². The van der Waals surface area contributed by atoms with Crippen molar-refractivity contribution in [3.05, 3.63) is 37.2 Å². The second-order valence-electron chi connectivity index (χ2n) is 13.5. The van der Waals surface area contributed by atoms with E-state index in [9.17, 15) is 14.4 Å². The van der Waals surface area contributed by atoms with Gasteiger partial charge in [0.1, 0.15) is 0 Å². The number of rotatable bonds is 7. The number of fused-ring (bicyclic) bond motifs is 1. The Balaban J connectivity index is 0.00000197. The van der Waals surface area contributed by atoms with Crippen LogP contribution < -0.4 is 10.6 Å². The first-order valence-corrected chi connectivity index (χ1v) is 18.2. The maximum absolute atomic E-state index is 13.2. The standard InChI is InChI=1S/C33H46N10O3.C2H6/c44-29-8-7-28(33(46)38-29)24-3-1-5-26(6-2-4-24)40-19-17-39(18-20-40)23-30(45)41-13-9-27(10-14-41)43-22-25(21-36-43)37-31-32-35-12-16-42(32)15-11-34-31;1-2/h11-12,15-16,21-22,24,26-28H,1-10,13-14,17-20,23H2,(H,34,37)(H,38,44,46);1-2H3. The highest BCUT2D eigenvalue weighted by molar-refractivity contribution is 5.98. The summed E-state index contributed by atoms with van der Waals surface area (Å²) in [5.74, 6) is 1.17. The van der Waals surface area contributed by atoms with Crippen LogP contribution in [0.4, 0.5) is 11.5 Å². The second kappa shape index (κ2) is 16.0. The van der Waals surface area contributed by atoms with E-state index in [0.29, 0.717) is 37.2 Å². The van der Waals surface area contributed by atoms with Gasteiger partial charge >= 0.3 is 0 Å². The van der Waals surface area contributed by atoms with Crippen molar-refractivity contribution < 1.29 is 14.4 Å². The lowest BCUT2D eigenvalue weighted by Crippen LogP contribution is -2.53. The van der Waals surface area contributed by atoms with Gasteiger partial charge in [-0.05, 0) is 50.9 Å². The summed E-state index contributed by atoms with van der Waals surface area (Å²) in [6.07, 6.45) is 20.8. The fourth-order valence-corrected chi connectivity index (χ4v) is 8.09. The molecule has 4 aliphatic rings. The Hall–Kier alpha value is -3.84. The number of nitrogens with zero attached hydrogens (tertiary/aromatic N) is 8. The van der Waals surface area contributed by atoms with E-state index in [0.717, 1.165) is 89.1 Å². The number of amides is 3. The molecule has 3 aliphatic heterocycles. The summed E-state index contributed by atoms with van der Waals surface area (Å²) in [6.45, 7) is 9.89. The third-order valence-electron chi connectivity index (χ3n) is 10.7. The van der Waals surface area contributed by atoms with Crippen molar-refractivity contribution in [1.82, 2.24) is 44.2 Å². The molecule has 1 unspecified atom stereocenters. The molecule has 2 N–H and O–H groups in total. The quantitative estimate of drug-likeness (QED) is 0.363. The van der Waals surface area contributed by atoms with Gasteiger partial charge < -0.3 is 14.6 Å². The van der Waals surface area contributed by atoms with Gasteiger partial charge in [-0.15, -0.1) is 0 Å². The SMILES string of the molecule is CC.O=C1CCC(C2CCCC(N3CCN(CC(=O)N4CCC(n5cc(Nc6nccn7ccnc67)cn5)CC4)CC3)CCC2)C(=O)N1. The third-order valence-corrected chi connectivity index (χ3v) is 10.7. The highest BCUT2D eigenvalue weighted by Crippen LogP contribution is 2.34. The molecule has 260 valence electrons. The van der Waals surface area contributed by atoms with E-state index in [1.807, 2.05) is 52.6 Å². The van der Waals surface area contributed by atoms with Crippen molar-refractivity contribution in [1.29, 1.82) is 0 Å². The van der Waals surface area contributed by atoms with E-state index in [1.54, 1.807) is 12.4 Å². The Kier molecular flexibility index (Phi) is 11.4. The van der Waals surface area contributed by atoms with E-state index < -0.39 is 0 Å². The van der Waals surface area contributed by atoms with Crippen LogP contribution in [0, 0.1) is 11.8 Å². The molecule has 48 heavy (non-hydrogen) atoms. The van der Waals surface area contributed by atoms with Crippen molar-refractivity contribution in [2.24, 2.45) is 11.8 Å². The van der Waals surface area contributed by atoms with Gasteiger partial charge in [-0.1, -0.05) is 26.7 Å². The average Bonchev–Trinajstić information content (AvgIpc) is 3.78. The minimum absolute atomic E-state index is 0.00868. The molecule has 3 amide bonds. The fraction of sp³-hybridized carbons (Fsp3) is 0.657. The summed E-state index contributed by atoms with van der Waals surface area (Å²) in [5.41, 5.74) is 1.64. The number of hydrogen-bond donors (Lipinski definition) is 2. The zero-order chi connectivity index (χ0) is 33.5. The summed E-state index contributed by atoms with van der Waals surface area (Å²) in [7, 11) is 0. The first-order valence-electron chi connectivity index (χ1n) is 18.2. The molecule has 3 aromatic rings. The molecule has 1 aliphatic carbocycles. The van der Waals surface area contributed by atoms with Crippen molar-refractivity contribution in [2.45, 2.75) is 90.1 Å². The Morgan fingerprint density at radius 2 is 1.58 bits per heavy atom. The molecular formula is C35H52N10O3. The summed E-state index contributed by atoms with van der Waals surface area (Å²) < 4.78 is 3.94. The third kappa shape index (κ3) is 8.06. The lowest BCUT2D eigenvalue weighted by molar-refractivity contribution is -0.138. The molecule has 0 bridgehead atoms. The predicted octanol–water partition coefficient (Wildman–Crippen LogP) is 3.87. The Morgan fingerprint density at radius 1 is 0.875 bits per heavy atom. The zero-order valence-electron chi connectivity index (χ0n) is 28.6. The summed E-state index contributed by atoms with van der Waals surface area (Å²) in [5, 5.41) is 10.5. The van der Waals surface area contributed by atoms with E-state index >= 15 is 0 Å². The number of carbonyl (C=O) groups is 3. The number of hydrogen-bond acceptors (Lipinski definition) is 9. The van der Waals surface area contributed by atoms with Gasteiger partial charge in [0.05, 0.1) is 24.5 Å². The van der Waals surface area contributed by atoms with Crippen LogP contribution in [0.2, 0.25) is 0 Å². The van der Waals surface area contributed by atoms with Crippen LogP contribution in [-0.2, 0) is 14.4 Å². The number of aromatic nitrogens is 5. The largest absolute Gasteiger partial charge is 0.341 e. The van der Waals surface area contributed by atoms with Crippen molar-refractivity contribution in [3.63, 3.8) is 0 Å². The highest BCUT2D eigenvalue weighted by atomic mass is 16.2. The Bertz CT molecular complexity index is 1510. The minimum Gasteiger partial charge on any atom is -0.341 e. The summed E-state index contributed by atoms with van der Waals surface area (Å²) >= 11 is 0. The molecule has 4 fully saturated rings. The lowest BCUT2D eigenvalue weighted by atomic mass is 9.77. The van der Waals surface area contributed by atoms with Gasteiger partial charge in [0, 0.05) is 88.6 Å². The average molecular weight is 661 g/mol. The molecule has 0 spiro atoms. The fourth-order valence-electron chi connectivity index (χ4n) is 8.09. The number of piperazine rings is 1. The van der Waals surface area contributed by atoms with Gasteiger partial charge in [-0.2, -0.15) is 5.10 Å². The van der Waals surface area contributed by atoms with Gasteiger partial charge in [0.25, 0.3) is 0 Å².